The molecular formula is C29H36ClFN6O. The summed E-state index contributed by atoms with van der Waals surface area (Å²) in [6.45, 7) is 5.96. The van der Waals surface area contributed by atoms with E-state index in [4.69, 9.17) is 26.3 Å². The fraction of sp³-hybridized carbons (Fsp3) is 0.517. The molecule has 3 fully saturated rings. The Bertz CT molecular complexity index is 1300. The lowest BCUT2D eigenvalue weighted by Gasteiger charge is -2.37. The highest BCUT2D eigenvalue weighted by Gasteiger charge is 2.35. The SMILES string of the molecule is CN1CCCC1.COc1nc2c(c(N3CC4CCC(C3)N4)n1)CCN(c1cccc3ccc(F)c(Cl)c13)C2. The van der Waals surface area contributed by atoms with Crippen LogP contribution in [0.3, 0.4) is 0 Å². The van der Waals surface area contributed by atoms with Gasteiger partial charge in [0, 0.05) is 48.4 Å². The lowest BCUT2D eigenvalue weighted by atomic mass is 10.0. The Morgan fingerprint density at radius 1 is 1.00 bits per heavy atom. The average molecular weight is 539 g/mol. The number of nitrogens with zero attached hydrogens (tertiary/aromatic N) is 5. The number of fused-ring (bicyclic) bond motifs is 4. The molecule has 202 valence electrons. The number of aromatic nitrogens is 2. The molecule has 7 rings (SSSR count). The number of methoxy groups -OCH3 is 1. The van der Waals surface area contributed by atoms with E-state index in [0.717, 1.165) is 54.0 Å². The average Bonchev–Trinajstić information content (AvgIpc) is 3.56. The van der Waals surface area contributed by atoms with Crippen LogP contribution in [0.15, 0.2) is 30.3 Å². The summed E-state index contributed by atoms with van der Waals surface area (Å²) in [6.07, 6.45) is 6.08. The minimum absolute atomic E-state index is 0.168. The molecule has 1 aromatic heterocycles. The van der Waals surface area contributed by atoms with Gasteiger partial charge in [-0.25, -0.2) is 4.39 Å². The van der Waals surface area contributed by atoms with Crippen LogP contribution in [-0.4, -0.2) is 73.8 Å². The van der Waals surface area contributed by atoms with Crippen molar-refractivity contribution >= 4 is 33.9 Å². The highest BCUT2D eigenvalue weighted by Crippen LogP contribution is 2.38. The predicted octanol–water partition coefficient (Wildman–Crippen LogP) is 4.65. The summed E-state index contributed by atoms with van der Waals surface area (Å²) < 4.78 is 19.7. The molecule has 3 saturated heterocycles. The summed E-state index contributed by atoms with van der Waals surface area (Å²) in [7, 11) is 3.79. The lowest BCUT2D eigenvalue weighted by Crippen LogP contribution is -2.52. The highest BCUT2D eigenvalue weighted by atomic mass is 35.5. The summed E-state index contributed by atoms with van der Waals surface area (Å²) in [6, 6.07) is 10.6. The second-order valence-electron chi connectivity index (χ2n) is 10.9. The van der Waals surface area contributed by atoms with E-state index in [2.05, 4.69) is 27.1 Å². The van der Waals surface area contributed by atoms with E-state index in [1.165, 1.54) is 50.4 Å². The van der Waals surface area contributed by atoms with Crippen LogP contribution in [0.5, 0.6) is 6.01 Å². The first kappa shape index (κ1) is 25.6. The number of rotatable bonds is 3. The molecule has 1 N–H and O–H groups in total. The van der Waals surface area contributed by atoms with Gasteiger partial charge in [-0.1, -0.05) is 29.8 Å². The predicted molar refractivity (Wildman–Crippen MR) is 151 cm³/mol. The fourth-order valence-corrected chi connectivity index (χ4v) is 6.62. The number of benzene rings is 2. The van der Waals surface area contributed by atoms with Crippen LogP contribution in [0.2, 0.25) is 5.02 Å². The van der Waals surface area contributed by atoms with E-state index in [0.29, 0.717) is 24.6 Å². The third kappa shape index (κ3) is 5.01. The van der Waals surface area contributed by atoms with Gasteiger partial charge < -0.3 is 24.8 Å². The molecule has 0 spiro atoms. The molecule has 2 aromatic carbocycles. The number of halogens is 2. The minimum atomic E-state index is -0.399. The van der Waals surface area contributed by atoms with Crippen LogP contribution in [0.25, 0.3) is 10.8 Å². The van der Waals surface area contributed by atoms with Crippen molar-refractivity contribution in [3.63, 3.8) is 0 Å². The maximum absolute atomic E-state index is 14.3. The number of hydrogen-bond donors (Lipinski definition) is 1. The Morgan fingerprint density at radius 3 is 2.45 bits per heavy atom. The van der Waals surface area contributed by atoms with Crippen molar-refractivity contribution in [2.45, 2.75) is 50.7 Å². The lowest BCUT2D eigenvalue weighted by molar-refractivity contribution is 0.374. The van der Waals surface area contributed by atoms with Crippen molar-refractivity contribution in [3.05, 3.63) is 52.4 Å². The molecule has 0 aliphatic carbocycles. The van der Waals surface area contributed by atoms with Gasteiger partial charge in [0.05, 0.1) is 24.4 Å². The van der Waals surface area contributed by atoms with Crippen LogP contribution in [0, 0.1) is 5.82 Å². The summed E-state index contributed by atoms with van der Waals surface area (Å²) in [4.78, 5) is 16.5. The van der Waals surface area contributed by atoms with Crippen molar-refractivity contribution in [1.82, 2.24) is 20.2 Å². The van der Waals surface area contributed by atoms with Crippen LogP contribution >= 0.6 is 11.6 Å². The molecule has 3 aromatic rings. The summed E-state index contributed by atoms with van der Waals surface area (Å²) in [5.74, 6) is 0.607. The number of anilines is 2. The quantitative estimate of drug-likeness (QED) is 0.521. The molecule has 2 bridgehead atoms. The first-order valence-corrected chi connectivity index (χ1v) is 14.1. The Kier molecular flexibility index (Phi) is 7.29. The van der Waals surface area contributed by atoms with E-state index in [1.54, 1.807) is 13.2 Å². The van der Waals surface area contributed by atoms with Gasteiger partial charge in [-0.2, -0.15) is 9.97 Å². The van der Waals surface area contributed by atoms with Crippen LogP contribution < -0.4 is 19.9 Å². The molecule has 9 heteroatoms. The van der Waals surface area contributed by atoms with E-state index < -0.39 is 5.82 Å². The molecule has 2 unspecified atom stereocenters. The first-order chi connectivity index (χ1) is 18.5. The molecule has 4 aliphatic heterocycles. The van der Waals surface area contributed by atoms with Gasteiger partial charge in [-0.3, -0.25) is 0 Å². The summed E-state index contributed by atoms with van der Waals surface area (Å²) in [5, 5.41) is 5.53. The summed E-state index contributed by atoms with van der Waals surface area (Å²) >= 11 is 6.40. The van der Waals surface area contributed by atoms with Crippen molar-refractivity contribution in [1.29, 1.82) is 0 Å². The Balaban J connectivity index is 0.000000390. The van der Waals surface area contributed by atoms with E-state index in [-0.39, 0.29) is 5.02 Å². The molecule has 7 nitrogen and oxygen atoms in total. The topological polar surface area (TPSA) is 56.8 Å². The van der Waals surface area contributed by atoms with Gasteiger partial charge in [-0.05, 0) is 69.8 Å². The first-order valence-electron chi connectivity index (χ1n) is 13.7. The number of likely N-dealkylation sites (tertiary alicyclic amines) is 1. The normalized spacial score (nSPS) is 22.8. The molecule has 2 atom stereocenters. The van der Waals surface area contributed by atoms with Crippen LogP contribution in [0.1, 0.15) is 36.9 Å². The van der Waals surface area contributed by atoms with Gasteiger partial charge in [0.15, 0.2) is 0 Å². The van der Waals surface area contributed by atoms with Crippen LogP contribution in [0.4, 0.5) is 15.9 Å². The zero-order chi connectivity index (χ0) is 26.2. The van der Waals surface area contributed by atoms with Crippen molar-refractivity contribution < 1.29 is 9.13 Å². The van der Waals surface area contributed by atoms with Gasteiger partial charge >= 0.3 is 6.01 Å². The minimum Gasteiger partial charge on any atom is -0.467 e. The zero-order valence-corrected chi connectivity index (χ0v) is 23.0. The molecular weight excluding hydrogens is 503 g/mol. The van der Waals surface area contributed by atoms with E-state index in [9.17, 15) is 4.39 Å². The Hall–Kier alpha value is -2.68. The number of hydrogen-bond acceptors (Lipinski definition) is 7. The third-order valence-electron chi connectivity index (χ3n) is 8.30. The second-order valence-corrected chi connectivity index (χ2v) is 11.3. The largest absolute Gasteiger partial charge is 0.467 e. The smallest absolute Gasteiger partial charge is 0.318 e. The monoisotopic (exact) mass is 538 g/mol. The fourth-order valence-electron chi connectivity index (χ4n) is 6.35. The van der Waals surface area contributed by atoms with Gasteiger partial charge in [0.2, 0.25) is 0 Å². The van der Waals surface area contributed by atoms with Crippen molar-refractivity contribution in [2.24, 2.45) is 0 Å². The molecule has 0 saturated carbocycles. The highest BCUT2D eigenvalue weighted by molar-refractivity contribution is 6.36. The van der Waals surface area contributed by atoms with Gasteiger partial charge in [-0.15, -0.1) is 0 Å². The summed E-state index contributed by atoms with van der Waals surface area (Å²) in [5.41, 5.74) is 3.09. The number of piperazine rings is 1. The van der Waals surface area contributed by atoms with E-state index >= 15 is 0 Å². The molecule has 0 radical (unpaired) electrons. The maximum Gasteiger partial charge on any atom is 0.318 e. The number of ether oxygens (including phenoxy) is 1. The zero-order valence-electron chi connectivity index (χ0n) is 22.2. The third-order valence-corrected chi connectivity index (χ3v) is 8.67. The van der Waals surface area contributed by atoms with E-state index in [1.807, 2.05) is 18.2 Å². The Morgan fingerprint density at radius 2 is 1.76 bits per heavy atom. The molecule has 0 amide bonds. The number of nitrogens with one attached hydrogen (secondary N) is 1. The maximum atomic E-state index is 14.3. The van der Waals surface area contributed by atoms with Crippen LogP contribution in [-0.2, 0) is 13.0 Å². The van der Waals surface area contributed by atoms with Crippen molar-refractivity contribution in [3.8, 4) is 6.01 Å². The molecule has 4 aliphatic rings. The van der Waals surface area contributed by atoms with Gasteiger partial charge in [0.25, 0.3) is 0 Å². The molecule has 38 heavy (non-hydrogen) atoms. The second kappa shape index (κ2) is 10.8. The van der Waals surface area contributed by atoms with Gasteiger partial charge in [0.1, 0.15) is 11.6 Å². The Labute approximate surface area is 228 Å². The van der Waals surface area contributed by atoms with Crippen molar-refractivity contribution in [2.75, 3.05) is 56.7 Å². The molecule has 5 heterocycles. The standard InChI is InChI=1S/C24H25ClFN5O.C5H11N/c1-32-24-28-19-13-30(20-4-2-3-14-5-8-18(26)22(25)21(14)20)10-9-17(19)23(29-24)31-11-15-6-7-16(12-31)27-15;1-6-4-2-3-5-6/h2-5,8,15-16,27H,6-7,9-13H2,1H3;2-5H2,1H3.